The van der Waals surface area contributed by atoms with Crippen LogP contribution < -0.4 is 30.9 Å². The fraction of sp³-hybridized carbons (Fsp3) is 0.212. The number of nitrogens with two attached hydrogens (primary N) is 1. The Balaban J connectivity index is 0.00000461. The van der Waals surface area contributed by atoms with E-state index in [0.29, 0.717) is 22.7 Å². The summed E-state index contributed by atoms with van der Waals surface area (Å²) in [6.07, 6.45) is 0. The quantitative estimate of drug-likeness (QED) is 0.250. The van der Waals surface area contributed by atoms with Crippen molar-refractivity contribution < 1.29 is 23.9 Å². The average Bonchev–Trinajstić information content (AvgIpc) is 3.14. The molecule has 12 heteroatoms. The maximum absolute atomic E-state index is 14.4. The number of fused-ring (bicyclic) bond motifs is 2. The summed E-state index contributed by atoms with van der Waals surface area (Å²) in [5, 5.41) is 7.60. The molecule has 0 bridgehead atoms. The molecule has 1 aliphatic rings. The van der Waals surface area contributed by atoms with Gasteiger partial charge in [-0.15, -0.1) is 12.4 Å². The lowest BCUT2D eigenvalue weighted by Gasteiger charge is -2.27. The molecule has 1 aliphatic heterocycles. The highest BCUT2D eigenvalue weighted by Crippen LogP contribution is 2.38. The molecule has 0 saturated heterocycles. The molecule has 4 aromatic carbocycles. The van der Waals surface area contributed by atoms with E-state index < -0.39 is 23.9 Å². The molecule has 0 aliphatic carbocycles. The molecule has 2 atom stereocenters. The number of carbonyl (C=O) groups excluding carboxylic acids is 4. The molecule has 4 aromatic rings. The van der Waals surface area contributed by atoms with Gasteiger partial charge in [0.05, 0.1) is 37.6 Å². The smallest absolute Gasteiger partial charge is 0.258 e. The zero-order valence-corrected chi connectivity index (χ0v) is 27.3. The minimum atomic E-state index is -1.07. The van der Waals surface area contributed by atoms with E-state index in [1.807, 2.05) is 30.3 Å². The van der Waals surface area contributed by atoms with Gasteiger partial charge >= 0.3 is 0 Å². The van der Waals surface area contributed by atoms with Gasteiger partial charge in [-0.2, -0.15) is 0 Å². The van der Waals surface area contributed by atoms with Crippen molar-refractivity contribution in [2.45, 2.75) is 25.6 Å². The Labute approximate surface area is 275 Å². The van der Waals surface area contributed by atoms with E-state index >= 15 is 0 Å². The molecule has 0 fully saturated rings. The lowest BCUT2D eigenvalue weighted by molar-refractivity contribution is -0.128. The first-order chi connectivity index (χ1) is 21.1. The predicted molar refractivity (Wildman–Crippen MR) is 180 cm³/mol. The van der Waals surface area contributed by atoms with Crippen LogP contribution in [-0.2, 0) is 16.1 Å². The number of para-hydroxylation sites is 2. The molecule has 0 radical (unpaired) electrons. The van der Waals surface area contributed by atoms with Crippen LogP contribution >= 0.6 is 28.3 Å². The average molecular weight is 695 g/mol. The number of primary amides is 1. The largest absolute Gasteiger partial charge is 0.496 e. The van der Waals surface area contributed by atoms with Gasteiger partial charge in [0.25, 0.3) is 11.8 Å². The number of nitrogens with one attached hydrogen (secondary N) is 2. The minimum Gasteiger partial charge on any atom is -0.496 e. The number of rotatable bonds is 8. The summed E-state index contributed by atoms with van der Waals surface area (Å²) in [7, 11) is 3.23. The Morgan fingerprint density at radius 1 is 1.00 bits per heavy atom. The van der Waals surface area contributed by atoms with E-state index in [9.17, 15) is 19.2 Å². The lowest BCUT2D eigenvalue weighted by Crippen LogP contribution is -2.55. The number of amides is 4. The maximum atomic E-state index is 14.4. The van der Waals surface area contributed by atoms with Crippen LogP contribution in [-0.4, -0.2) is 56.4 Å². The van der Waals surface area contributed by atoms with Gasteiger partial charge in [-0.1, -0.05) is 40.2 Å². The normalized spacial score (nSPS) is 15.0. The zero-order chi connectivity index (χ0) is 31.5. The van der Waals surface area contributed by atoms with Gasteiger partial charge in [-0.3, -0.25) is 19.2 Å². The van der Waals surface area contributed by atoms with Crippen LogP contribution in [0.1, 0.15) is 33.2 Å². The first kappa shape index (κ1) is 33.4. The Morgan fingerprint density at radius 3 is 2.31 bits per heavy atom. The van der Waals surface area contributed by atoms with Crippen molar-refractivity contribution >= 4 is 74.1 Å². The first-order valence-electron chi connectivity index (χ1n) is 14.0. The van der Waals surface area contributed by atoms with Crippen molar-refractivity contribution in [1.82, 2.24) is 10.6 Å². The Morgan fingerprint density at radius 2 is 1.67 bits per heavy atom. The third-order valence-electron chi connectivity index (χ3n) is 7.78. The molecular formula is C33H33BrClN5O5. The molecule has 0 aromatic heterocycles. The molecule has 45 heavy (non-hydrogen) atoms. The topological polar surface area (TPSA) is 134 Å². The molecule has 0 spiro atoms. The van der Waals surface area contributed by atoms with Gasteiger partial charge in [-0.05, 0) is 79.3 Å². The number of anilines is 2. The standard InChI is InChI=1S/C33H32BrN5O5.ClH/c1-19(36-2)31(41)37-26-18-39(32(42)21-10-8-20(9-11-21)30(35)40)28-7-5-4-6-27(28)38(33(26)43)17-25-24-14-13-23(34)16-22(24)12-15-29(25)44-3;/h4-16,19,26,36H,17-18H2,1-3H3,(H2,35,40)(H,37,41);1H/t19?,26-;/m0./s1. The van der Waals surface area contributed by atoms with Crippen molar-refractivity contribution in [3.63, 3.8) is 0 Å². The number of benzene rings is 4. The van der Waals surface area contributed by atoms with Gasteiger partial charge in [0.1, 0.15) is 11.8 Å². The SMILES string of the molecule is CNC(C)C(=O)N[C@H]1CN(C(=O)c2ccc(C(N)=O)cc2)c2ccccc2N(Cc2c(OC)ccc3cc(Br)ccc23)C1=O.Cl. The van der Waals surface area contributed by atoms with Crippen LogP contribution in [0.3, 0.4) is 0 Å². The number of methoxy groups -OCH3 is 1. The molecule has 4 amide bonds. The lowest BCUT2D eigenvalue weighted by atomic mass is 10.0. The van der Waals surface area contributed by atoms with Gasteiger partial charge in [0.2, 0.25) is 11.8 Å². The number of hydrogen-bond donors (Lipinski definition) is 3. The van der Waals surface area contributed by atoms with Gasteiger partial charge in [-0.25, -0.2) is 0 Å². The number of carbonyl (C=O) groups is 4. The van der Waals surface area contributed by atoms with E-state index in [1.54, 1.807) is 50.2 Å². The number of ether oxygens (including phenoxy) is 1. The summed E-state index contributed by atoms with van der Waals surface area (Å²) in [5.74, 6) is -1.19. The highest BCUT2D eigenvalue weighted by atomic mass is 79.9. The fourth-order valence-electron chi connectivity index (χ4n) is 5.27. The molecule has 0 saturated carbocycles. The van der Waals surface area contributed by atoms with E-state index in [1.165, 1.54) is 29.2 Å². The molecule has 5 rings (SSSR count). The maximum Gasteiger partial charge on any atom is 0.258 e. The van der Waals surface area contributed by atoms with Crippen LogP contribution in [0, 0.1) is 0 Å². The predicted octanol–water partition coefficient (Wildman–Crippen LogP) is 4.42. The Kier molecular flexibility index (Phi) is 10.5. The molecule has 1 heterocycles. The second kappa shape index (κ2) is 14.1. The minimum absolute atomic E-state index is 0. The fourth-order valence-corrected chi connectivity index (χ4v) is 5.65. The van der Waals surface area contributed by atoms with Crippen molar-refractivity contribution in [1.29, 1.82) is 0 Å². The van der Waals surface area contributed by atoms with Crippen LogP contribution in [0.15, 0.2) is 83.3 Å². The van der Waals surface area contributed by atoms with E-state index in [4.69, 9.17) is 10.5 Å². The number of likely N-dealkylation sites (N-methyl/N-ethyl adjacent to an activating group) is 1. The Bertz CT molecular complexity index is 1770. The number of nitrogens with zero attached hydrogens (tertiary/aromatic N) is 2. The molecule has 10 nitrogen and oxygen atoms in total. The highest BCUT2D eigenvalue weighted by molar-refractivity contribution is 9.10. The molecule has 1 unspecified atom stereocenters. The van der Waals surface area contributed by atoms with E-state index in [2.05, 4.69) is 26.6 Å². The third-order valence-corrected chi connectivity index (χ3v) is 8.28. The first-order valence-corrected chi connectivity index (χ1v) is 14.8. The van der Waals surface area contributed by atoms with Crippen LogP contribution in [0.4, 0.5) is 11.4 Å². The zero-order valence-electron chi connectivity index (χ0n) is 24.9. The van der Waals surface area contributed by atoms with Crippen molar-refractivity contribution in [3.05, 3.63) is 100 Å². The van der Waals surface area contributed by atoms with Crippen molar-refractivity contribution in [2.75, 3.05) is 30.5 Å². The summed E-state index contributed by atoms with van der Waals surface area (Å²) in [4.78, 5) is 56.2. The van der Waals surface area contributed by atoms with Gasteiger partial charge in [0, 0.05) is 21.2 Å². The van der Waals surface area contributed by atoms with Crippen LogP contribution in [0.5, 0.6) is 5.75 Å². The van der Waals surface area contributed by atoms with Crippen molar-refractivity contribution in [2.24, 2.45) is 5.73 Å². The second-order valence-electron chi connectivity index (χ2n) is 10.5. The monoisotopic (exact) mass is 693 g/mol. The van der Waals surface area contributed by atoms with Crippen LogP contribution in [0.25, 0.3) is 10.8 Å². The Hall–Kier alpha value is -4.45. The molecule has 4 N–H and O–H groups in total. The molecule has 234 valence electrons. The van der Waals surface area contributed by atoms with Gasteiger partial charge < -0.3 is 30.9 Å². The van der Waals surface area contributed by atoms with E-state index in [-0.39, 0.29) is 42.9 Å². The summed E-state index contributed by atoms with van der Waals surface area (Å²) in [5.41, 5.74) is 7.71. The van der Waals surface area contributed by atoms with E-state index in [0.717, 1.165) is 20.8 Å². The highest BCUT2D eigenvalue weighted by Gasteiger charge is 2.38. The summed E-state index contributed by atoms with van der Waals surface area (Å²) in [6.45, 7) is 1.68. The van der Waals surface area contributed by atoms with Crippen LogP contribution in [0.2, 0.25) is 0 Å². The summed E-state index contributed by atoms with van der Waals surface area (Å²) in [6, 6.07) is 21.2. The summed E-state index contributed by atoms with van der Waals surface area (Å²) < 4.78 is 6.65. The molecular weight excluding hydrogens is 662 g/mol. The van der Waals surface area contributed by atoms with Crippen molar-refractivity contribution in [3.8, 4) is 5.75 Å². The number of halogens is 2. The van der Waals surface area contributed by atoms with Gasteiger partial charge in [0.15, 0.2) is 0 Å². The summed E-state index contributed by atoms with van der Waals surface area (Å²) >= 11 is 3.53. The third kappa shape index (κ3) is 6.80. The number of hydrogen-bond acceptors (Lipinski definition) is 6. The second-order valence-corrected chi connectivity index (χ2v) is 11.4.